The Kier molecular flexibility index (Phi) is 6.95. The minimum atomic E-state index is -0.873. The molecule has 2 N–H and O–H groups in total. The molecule has 0 bridgehead atoms. The van der Waals surface area contributed by atoms with Crippen molar-refractivity contribution in [2.24, 2.45) is 5.73 Å². The lowest BCUT2D eigenvalue weighted by atomic mass is 9.94. The number of aromatic nitrogens is 5. The Bertz CT molecular complexity index is 1630. The fraction of sp³-hybridized carbons (Fsp3) is 0.267. The maximum absolute atomic E-state index is 14.0. The summed E-state index contributed by atoms with van der Waals surface area (Å²) >= 11 is 1.57. The molecule has 9 nitrogen and oxygen atoms in total. The quantitative estimate of drug-likeness (QED) is 0.266. The molecule has 6 rings (SSSR count). The number of carbonyl (C=O) groups excluding carboxylic acids is 1. The highest BCUT2D eigenvalue weighted by atomic mass is 32.1. The van der Waals surface area contributed by atoms with Crippen LogP contribution in [0.15, 0.2) is 76.9 Å². The average Bonchev–Trinajstić information content (AvgIpc) is 3.51. The Hall–Kier alpha value is -4.28. The molecule has 3 heterocycles. The number of hydrogen-bond acceptors (Lipinski definition) is 9. The van der Waals surface area contributed by atoms with Crippen LogP contribution >= 0.6 is 11.3 Å². The van der Waals surface area contributed by atoms with Gasteiger partial charge in [0, 0.05) is 46.2 Å². The molecular weight excluding hydrogens is 522 g/mol. The monoisotopic (exact) mass is 551 g/mol. The van der Waals surface area contributed by atoms with Crippen LogP contribution in [0.4, 0.5) is 0 Å². The number of nitrogens with two attached hydrogens (primary N) is 1. The SMILES string of the molecule is Cc1csc(CN(C(=O)c2cc(-c3cnccn3)cc(-c3nnc(C(C)(N)Cc4ccccc4)o3)c2)C2CC2)n1. The highest BCUT2D eigenvalue weighted by Crippen LogP contribution is 2.33. The van der Waals surface area contributed by atoms with E-state index >= 15 is 0 Å². The first-order valence-corrected chi connectivity index (χ1v) is 14.0. The minimum Gasteiger partial charge on any atom is -0.419 e. The van der Waals surface area contributed by atoms with Crippen molar-refractivity contribution >= 4 is 17.2 Å². The van der Waals surface area contributed by atoms with E-state index in [-0.39, 0.29) is 17.8 Å². The van der Waals surface area contributed by atoms with E-state index in [4.69, 9.17) is 10.2 Å². The van der Waals surface area contributed by atoms with Gasteiger partial charge < -0.3 is 15.1 Å². The van der Waals surface area contributed by atoms with Crippen LogP contribution in [0.3, 0.4) is 0 Å². The number of nitrogens with zero attached hydrogens (tertiary/aromatic N) is 6. The fourth-order valence-corrected chi connectivity index (χ4v) is 5.45. The second-order valence-electron chi connectivity index (χ2n) is 10.4. The van der Waals surface area contributed by atoms with Gasteiger partial charge in [0.05, 0.1) is 24.0 Å². The highest BCUT2D eigenvalue weighted by Gasteiger charge is 2.34. The number of rotatable bonds is 9. The van der Waals surface area contributed by atoms with Crippen LogP contribution in [-0.2, 0) is 18.5 Å². The summed E-state index contributed by atoms with van der Waals surface area (Å²) in [6.07, 6.45) is 7.40. The van der Waals surface area contributed by atoms with E-state index in [9.17, 15) is 4.79 Å². The third-order valence-corrected chi connectivity index (χ3v) is 7.79. The normalized spacial score (nSPS) is 14.6. The summed E-state index contributed by atoms with van der Waals surface area (Å²) in [5, 5.41) is 11.6. The summed E-state index contributed by atoms with van der Waals surface area (Å²) < 4.78 is 6.13. The van der Waals surface area contributed by atoms with Gasteiger partial charge in [-0.3, -0.25) is 14.8 Å². The topological polar surface area (TPSA) is 124 Å². The lowest BCUT2D eigenvalue weighted by Gasteiger charge is -2.22. The summed E-state index contributed by atoms with van der Waals surface area (Å²) in [7, 11) is 0. The molecule has 2 aromatic carbocycles. The molecule has 0 radical (unpaired) electrons. The van der Waals surface area contributed by atoms with E-state index in [1.807, 2.05) is 66.6 Å². The largest absolute Gasteiger partial charge is 0.419 e. The maximum Gasteiger partial charge on any atom is 0.254 e. The zero-order chi connectivity index (χ0) is 27.7. The summed E-state index contributed by atoms with van der Waals surface area (Å²) in [5.74, 6) is 0.533. The molecule has 0 aliphatic heterocycles. The van der Waals surface area contributed by atoms with Gasteiger partial charge in [-0.05, 0) is 56.9 Å². The molecule has 40 heavy (non-hydrogen) atoms. The highest BCUT2D eigenvalue weighted by molar-refractivity contribution is 7.09. The molecule has 1 aliphatic rings. The van der Waals surface area contributed by atoms with Crippen molar-refractivity contribution in [1.82, 2.24) is 30.0 Å². The summed E-state index contributed by atoms with van der Waals surface area (Å²) in [6, 6.07) is 15.7. The van der Waals surface area contributed by atoms with Crippen LogP contribution in [0.5, 0.6) is 0 Å². The molecule has 5 aromatic rings. The standard InChI is InChI=1S/C30H29N7O2S/c1-19-18-40-26(34-19)17-37(24-8-9-24)28(38)23-13-21(25-16-32-10-11-33-25)12-22(14-23)27-35-36-29(39-27)30(2,31)15-20-6-4-3-5-7-20/h3-7,10-14,16,18,24H,8-9,15,17,31H2,1-2H3. The number of hydrogen-bond donors (Lipinski definition) is 1. The molecule has 202 valence electrons. The number of benzene rings is 2. The van der Waals surface area contributed by atoms with Gasteiger partial charge in [-0.1, -0.05) is 30.3 Å². The number of amides is 1. The van der Waals surface area contributed by atoms with E-state index in [0.717, 1.165) is 34.7 Å². The zero-order valence-electron chi connectivity index (χ0n) is 22.3. The van der Waals surface area contributed by atoms with Crippen LogP contribution in [0, 0.1) is 6.92 Å². The number of thiazole rings is 1. The lowest BCUT2D eigenvalue weighted by Crippen LogP contribution is -2.35. The van der Waals surface area contributed by atoms with Crippen LogP contribution in [0.25, 0.3) is 22.7 Å². The lowest BCUT2D eigenvalue weighted by molar-refractivity contribution is 0.0730. The second kappa shape index (κ2) is 10.7. The number of carbonyl (C=O) groups is 1. The number of aryl methyl sites for hydroxylation is 1. The van der Waals surface area contributed by atoms with Crippen LogP contribution in [0.1, 0.15) is 52.3 Å². The van der Waals surface area contributed by atoms with Crippen molar-refractivity contribution in [3.63, 3.8) is 0 Å². The molecule has 10 heteroatoms. The van der Waals surface area contributed by atoms with Crippen molar-refractivity contribution in [1.29, 1.82) is 0 Å². The van der Waals surface area contributed by atoms with Gasteiger partial charge in [-0.15, -0.1) is 21.5 Å². The average molecular weight is 552 g/mol. The summed E-state index contributed by atoms with van der Waals surface area (Å²) in [6.45, 7) is 4.31. The molecule has 1 fully saturated rings. The van der Waals surface area contributed by atoms with Crippen molar-refractivity contribution in [3.8, 4) is 22.7 Å². The van der Waals surface area contributed by atoms with E-state index in [1.54, 1.807) is 36.0 Å². The summed E-state index contributed by atoms with van der Waals surface area (Å²) in [4.78, 5) is 29.1. The molecule has 1 amide bonds. The molecule has 1 saturated carbocycles. The van der Waals surface area contributed by atoms with E-state index in [1.165, 1.54) is 0 Å². The van der Waals surface area contributed by atoms with Crippen molar-refractivity contribution in [3.05, 3.63) is 100 Å². The predicted octanol–water partition coefficient (Wildman–Crippen LogP) is 5.18. The molecule has 1 atom stereocenters. The fourth-order valence-electron chi connectivity index (χ4n) is 4.68. The first-order valence-electron chi connectivity index (χ1n) is 13.2. The first kappa shape index (κ1) is 26.0. The predicted molar refractivity (Wildman–Crippen MR) is 152 cm³/mol. The third-order valence-electron chi connectivity index (χ3n) is 6.83. The Morgan fingerprint density at radius 1 is 1.12 bits per heavy atom. The Morgan fingerprint density at radius 3 is 2.62 bits per heavy atom. The van der Waals surface area contributed by atoms with Crippen molar-refractivity contribution < 1.29 is 9.21 Å². The van der Waals surface area contributed by atoms with Gasteiger partial charge in [0.15, 0.2) is 0 Å². The minimum absolute atomic E-state index is 0.0742. The van der Waals surface area contributed by atoms with Crippen LogP contribution in [0.2, 0.25) is 0 Å². The van der Waals surface area contributed by atoms with Crippen LogP contribution < -0.4 is 5.73 Å². The van der Waals surface area contributed by atoms with Crippen molar-refractivity contribution in [2.45, 2.75) is 51.2 Å². The first-order chi connectivity index (χ1) is 19.4. The van der Waals surface area contributed by atoms with Crippen molar-refractivity contribution in [2.75, 3.05) is 0 Å². The zero-order valence-corrected chi connectivity index (χ0v) is 23.1. The van der Waals surface area contributed by atoms with Crippen LogP contribution in [-0.4, -0.2) is 42.0 Å². The van der Waals surface area contributed by atoms with Gasteiger partial charge in [0.2, 0.25) is 11.8 Å². The molecule has 1 unspecified atom stereocenters. The Labute approximate surface area is 236 Å². The van der Waals surface area contributed by atoms with E-state index in [2.05, 4.69) is 25.1 Å². The van der Waals surface area contributed by atoms with Gasteiger partial charge in [-0.2, -0.15) is 0 Å². The smallest absolute Gasteiger partial charge is 0.254 e. The Morgan fingerprint density at radius 2 is 1.93 bits per heavy atom. The van der Waals surface area contributed by atoms with Gasteiger partial charge >= 0.3 is 0 Å². The molecule has 1 aliphatic carbocycles. The molecule has 3 aromatic heterocycles. The van der Waals surface area contributed by atoms with Gasteiger partial charge in [0.1, 0.15) is 5.01 Å². The maximum atomic E-state index is 14.0. The van der Waals surface area contributed by atoms with E-state index in [0.29, 0.717) is 35.7 Å². The third kappa shape index (κ3) is 5.68. The summed E-state index contributed by atoms with van der Waals surface area (Å²) in [5.41, 5.74) is 10.3. The Balaban J connectivity index is 1.36. The second-order valence-corrected chi connectivity index (χ2v) is 11.4. The van der Waals surface area contributed by atoms with Gasteiger partial charge in [-0.25, -0.2) is 4.98 Å². The van der Waals surface area contributed by atoms with Gasteiger partial charge in [0.25, 0.3) is 5.91 Å². The molecule has 0 saturated heterocycles. The molecular formula is C30H29N7O2S. The molecule has 0 spiro atoms. The van der Waals surface area contributed by atoms with E-state index < -0.39 is 5.54 Å².